The van der Waals surface area contributed by atoms with Crippen LogP contribution in [-0.2, 0) is 0 Å². The SMILES string of the molecule is CNc1nc(Sc2ccccc2[N+](=O)[O-])c(F)cc1F. The maximum atomic E-state index is 13.7. The first-order chi connectivity index (χ1) is 9.52. The minimum atomic E-state index is -0.871. The molecule has 0 fully saturated rings. The lowest BCUT2D eigenvalue weighted by Crippen LogP contribution is -2.00. The quantitative estimate of drug-likeness (QED) is 0.691. The van der Waals surface area contributed by atoms with Crippen molar-refractivity contribution in [2.24, 2.45) is 0 Å². The van der Waals surface area contributed by atoms with Crippen molar-refractivity contribution in [1.29, 1.82) is 0 Å². The van der Waals surface area contributed by atoms with E-state index in [1.165, 1.54) is 25.2 Å². The van der Waals surface area contributed by atoms with Crippen LogP contribution in [0.1, 0.15) is 0 Å². The van der Waals surface area contributed by atoms with Crippen molar-refractivity contribution in [2.75, 3.05) is 12.4 Å². The molecular weight excluding hydrogens is 288 g/mol. The van der Waals surface area contributed by atoms with E-state index in [1.54, 1.807) is 6.07 Å². The van der Waals surface area contributed by atoms with Crippen LogP contribution in [-0.4, -0.2) is 17.0 Å². The van der Waals surface area contributed by atoms with E-state index in [2.05, 4.69) is 10.3 Å². The summed E-state index contributed by atoms with van der Waals surface area (Å²) in [6, 6.07) is 6.58. The van der Waals surface area contributed by atoms with Crippen molar-refractivity contribution in [2.45, 2.75) is 9.92 Å². The Hall–Kier alpha value is -2.22. The molecule has 0 aliphatic heterocycles. The van der Waals surface area contributed by atoms with Crippen molar-refractivity contribution in [3.05, 3.63) is 52.1 Å². The molecule has 8 heteroatoms. The van der Waals surface area contributed by atoms with Gasteiger partial charge in [-0.05, 0) is 6.07 Å². The summed E-state index contributed by atoms with van der Waals surface area (Å²) in [7, 11) is 1.45. The Bertz CT molecular complexity index is 667. The van der Waals surface area contributed by atoms with Gasteiger partial charge in [0, 0.05) is 19.2 Å². The highest BCUT2D eigenvalue weighted by molar-refractivity contribution is 7.99. The first kappa shape index (κ1) is 14.2. The molecule has 0 saturated heterocycles. The van der Waals surface area contributed by atoms with Gasteiger partial charge in [0.05, 0.1) is 9.82 Å². The summed E-state index contributed by atoms with van der Waals surface area (Å²) in [5.74, 6) is -1.81. The molecule has 2 rings (SSSR count). The molecule has 1 aromatic heterocycles. The van der Waals surface area contributed by atoms with Crippen LogP contribution >= 0.6 is 11.8 Å². The second-order valence-corrected chi connectivity index (χ2v) is 4.71. The normalized spacial score (nSPS) is 10.3. The molecule has 1 N–H and O–H groups in total. The highest BCUT2D eigenvalue weighted by Crippen LogP contribution is 2.35. The number of aromatic nitrogens is 1. The molecule has 5 nitrogen and oxygen atoms in total. The molecule has 0 aliphatic carbocycles. The molecule has 1 aromatic carbocycles. The number of nitro groups is 1. The molecule has 1 heterocycles. The van der Waals surface area contributed by atoms with Crippen LogP contribution in [0.5, 0.6) is 0 Å². The van der Waals surface area contributed by atoms with Crippen LogP contribution in [0.3, 0.4) is 0 Å². The van der Waals surface area contributed by atoms with E-state index in [9.17, 15) is 18.9 Å². The maximum absolute atomic E-state index is 13.7. The zero-order chi connectivity index (χ0) is 14.7. The predicted octanol–water partition coefficient (Wildman–Crippen LogP) is 3.46. The average molecular weight is 297 g/mol. The fourth-order valence-corrected chi connectivity index (χ4v) is 2.39. The lowest BCUT2D eigenvalue weighted by atomic mass is 10.3. The van der Waals surface area contributed by atoms with Crippen LogP contribution in [0.4, 0.5) is 20.3 Å². The summed E-state index contributed by atoms with van der Waals surface area (Å²) in [5.41, 5.74) is -0.158. The Kier molecular flexibility index (Phi) is 4.14. The predicted molar refractivity (Wildman–Crippen MR) is 70.9 cm³/mol. The molecular formula is C12H9F2N3O2S. The lowest BCUT2D eigenvalue weighted by molar-refractivity contribution is -0.387. The minimum absolute atomic E-state index is 0.118. The number of rotatable bonds is 4. The number of pyridine rings is 1. The molecule has 0 radical (unpaired) electrons. The smallest absolute Gasteiger partial charge is 0.283 e. The Morgan fingerprint density at radius 1 is 1.30 bits per heavy atom. The van der Waals surface area contributed by atoms with E-state index >= 15 is 0 Å². The Morgan fingerprint density at radius 3 is 2.65 bits per heavy atom. The van der Waals surface area contributed by atoms with Gasteiger partial charge in [-0.15, -0.1) is 0 Å². The van der Waals surface area contributed by atoms with E-state index in [0.717, 1.165) is 11.8 Å². The van der Waals surface area contributed by atoms with Crippen molar-refractivity contribution >= 4 is 23.3 Å². The molecule has 0 saturated carbocycles. The first-order valence-corrected chi connectivity index (χ1v) is 6.29. The molecule has 0 spiro atoms. The Labute approximate surface area is 117 Å². The van der Waals surface area contributed by atoms with Gasteiger partial charge in [0.2, 0.25) is 0 Å². The molecule has 0 atom stereocenters. The second kappa shape index (κ2) is 5.83. The van der Waals surface area contributed by atoms with Gasteiger partial charge in [-0.3, -0.25) is 10.1 Å². The number of halogens is 2. The van der Waals surface area contributed by atoms with Crippen molar-refractivity contribution < 1.29 is 13.7 Å². The topological polar surface area (TPSA) is 68.1 Å². The van der Waals surface area contributed by atoms with E-state index < -0.39 is 16.6 Å². The third kappa shape index (κ3) is 2.85. The van der Waals surface area contributed by atoms with E-state index in [-0.39, 0.29) is 21.4 Å². The van der Waals surface area contributed by atoms with Crippen molar-refractivity contribution in [3.63, 3.8) is 0 Å². The number of benzene rings is 1. The maximum Gasteiger partial charge on any atom is 0.283 e. The molecule has 20 heavy (non-hydrogen) atoms. The van der Waals surface area contributed by atoms with Gasteiger partial charge in [0.25, 0.3) is 5.69 Å². The third-order valence-electron chi connectivity index (χ3n) is 2.40. The third-order valence-corrected chi connectivity index (χ3v) is 3.45. The number of nitrogens with zero attached hydrogens (tertiary/aromatic N) is 2. The Balaban J connectivity index is 2.42. The van der Waals surface area contributed by atoms with Crippen LogP contribution in [0, 0.1) is 21.7 Å². The highest BCUT2D eigenvalue weighted by Gasteiger charge is 2.18. The molecule has 104 valence electrons. The van der Waals surface area contributed by atoms with Gasteiger partial charge in [-0.25, -0.2) is 13.8 Å². The highest BCUT2D eigenvalue weighted by atomic mass is 32.2. The number of hydrogen-bond acceptors (Lipinski definition) is 5. The first-order valence-electron chi connectivity index (χ1n) is 5.48. The van der Waals surface area contributed by atoms with E-state index in [1.807, 2.05) is 0 Å². The number of anilines is 1. The van der Waals surface area contributed by atoms with Crippen molar-refractivity contribution in [3.8, 4) is 0 Å². The zero-order valence-corrected chi connectivity index (χ0v) is 11.1. The Morgan fingerprint density at radius 2 is 2.00 bits per heavy atom. The van der Waals surface area contributed by atoms with Gasteiger partial charge in [-0.1, -0.05) is 23.9 Å². The number of nitrogens with one attached hydrogen (secondary N) is 1. The lowest BCUT2D eigenvalue weighted by Gasteiger charge is -2.06. The summed E-state index contributed by atoms with van der Waals surface area (Å²) in [6.07, 6.45) is 0. The van der Waals surface area contributed by atoms with Gasteiger partial charge >= 0.3 is 0 Å². The van der Waals surface area contributed by atoms with Crippen LogP contribution in [0.15, 0.2) is 40.3 Å². The minimum Gasteiger partial charge on any atom is -0.371 e. The van der Waals surface area contributed by atoms with Gasteiger partial charge < -0.3 is 5.32 Å². The average Bonchev–Trinajstić information content (AvgIpc) is 2.42. The van der Waals surface area contributed by atoms with Gasteiger partial charge in [-0.2, -0.15) is 0 Å². The second-order valence-electron chi connectivity index (χ2n) is 3.68. The summed E-state index contributed by atoms with van der Waals surface area (Å²) >= 11 is 0.773. The zero-order valence-electron chi connectivity index (χ0n) is 10.3. The van der Waals surface area contributed by atoms with E-state index in [4.69, 9.17) is 0 Å². The van der Waals surface area contributed by atoms with Gasteiger partial charge in [0.15, 0.2) is 17.5 Å². The van der Waals surface area contributed by atoms with E-state index in [0.29, 0.717) is 6.07 Å². The van der Waals surface area contributed by atoms with Crippen LogP contribution in [0.25, 0.3) is 0 Å². The number of nitro benzene ring substituents is 1. The largest absolute Gasteiger partial charge is 0.371 e. The standard InChI is InChI=1S/C12H9F2N3O2S/c1-15-11-7(13)6-8(14)12(16-11)20-10-5-3-2-4-9(10)17(18)19/h2-6H,1H3,(H,15,16). The van der Waals surface area contributed by atoms with Crippen molar-refractivity contribution in [1.82, 2.24) is 4.98 Å². The molecule has 0 aliphatic rings. The summed E-state index contributed by atoms with van der Waals surface area (Å²) in [4.78, 5) is 14.3. The molecule has 0 bridgehead atoms. The summed E-state index contributed by atoms with van der Waals surface area (Å²) < 4.78 is 27.0. The van der Waals surface area contributed by atoms with Crippen LogP contribution in [0.2, 0.25) is 0 Å². The summed E-state index contributed by atoms with van der Waals surface area (Å²) in [5, 5.41) is 13.2. The van der Waals surface area contributed by atoms with Gasteiger partial charge in [0.1, 0.15) is 5.03 Å². The fraction of sp³-hybridized carbons (Fsp3) is 0.0833. The number of hydrogen-bond donors (Lipinski definition) is 1. The molecule has 0 amide bonds. The summed E-state index contributed by atoms with van der Waals surface area (Å²) in [6.45, 7) is 0. The number of para-hydroxylation sites is 1. The fourth-order valence-electron chi connectivity index (χ4n) is 1.50. The van der Waals surface area contributed by atoms with Crippen LogP contribution < -0.4 is 5.32 Å². The monoisotopic (exact) mass is 297 g/mol. The molecule has 0 unspecified atom stereocenters. The molecule has 2 aromatic rings.